The molecule has 0 saturated carbocycles. The number of hydrogen-bond donors (Lipinski definition) is 2. The molecule has 0 aliphatic carbocycles. The molecule has 0 radical (unpaired) electrons. The second kappa shape index (κ2) is 7.56. The Morgan fingerprint density at radius 3 is 2.83 bits per heavy atom. The summed E-state index contributed by atoms with van der Waals surface area (Å²) >= 11 is 6.11. The van der Waals surface area contributed by atoms with Crippen molar-refractivity contribution < 1.29 is 14.4 Å². The minimum atomic E-state index is -0.913. The third kappa shape index (κ3) is 3.79. The fourth-order valence-corrected chi connectivity index (χ4v) is 3.47. The first-order valence-electron chi connectivity index (χ1n) is 8.98. The van der Waals surface area contributed by atoms with E-state index in [9.17, 15) is 14.4 Å². The van der Waals surface area contributed by atoms with E-state index < -0.39 is 18.0 Å². The number of halogens is 1. The average Bonchev–Trinajstić information content (AvgIpc) is 3.18. The van der Waals surface area contributed by atoms with Gasteiger partial charge in [0.25, 0.3) is 5.91 Å². The van der Waals surface area contributed by atoms with Crippen LogP contribution in [0.25, 0.3) is 11.0 Å². The van der Waals surface area contributed by atoms with Crippen molar-refractivity contribution in [1.82, 2.24) is 19.8 Å². The van der Waals surface area contributed by atoms with Crippen LogP contribution < -0.4 is 10.6 Å². The molecule has 29 heavy (non-hydrogen) atoms. The van der Waals surface area contributed by atoms with E-state index in [1.54, 1.807) is 42.7 Å². The van der Waals surface area contributed by atoms with Crippen LogP contribution in [0.4, 0.5) is 10.5 Å². The lowest BCUT2D eigenvalue weighted by Crippen LogP contribution is -2.34. The van der Waals surface area contributed by atoms with Crippen molar-refractivity contribution in [2.45, 2.75) is 19.0 Å². The molecule has 2 N–H and O–H groups in total. The highest BCUT2D eigenvalue weighted by Crippen LogP contribution is 2.21. The van der Waals surface area contributed by atoms with Crippen LogP contribution >= 0.6 is 11.6 Å². The molecule has 0 unspecified atom stereocenters. The lowest BCUT2D eigenvalue weighted by molar-refractivity contribution is -0.130. The van der Waals surface area contributed by atoms with Gasteiger partial charge in [0.1, 0.15) is 6.04 Å². The lowest BCUT2D eigenvalue weighted by Gasteiger charge is -2.14. The third-order valence-corrected chi connectivity index (χ3v) is 5.16. The van der Waals surface area contributed by atoms with Gasteiger partial charge in [-0.15, -0.1) is 0 Å². The largest absolute Gasteiger partial charge is 0.334 e. The summed E-state index contributed by atoms with van der Waals surface area (Å²) in [4.78, 5) is 42.5. The lowest BCUT2D eigenvalue weighted by atomic mass is 10.1. The van der Waals surface area contributed by atoms with E-state index in [0.29, 0.717) is 16.3 Å². The maximum absolute atomic E-state index is 12.6. The second-order valence-electron chi connectivity index (χ2n) is 6.83. The number of amides is 4. The van der Waals surface area contributed by atoms with Crippen molar-refractivity contribution in [3.8, 4) is 0 Å². The first kappa shape index (κ1) is 18.9. The van der Waals surface area contributed by atoms with Crippen molar-refractivity contribution in [2.24, 2.45) is 7.05 Å². The molecule has 1 aromatic heterocycles. The number of aromatic nitrogens is 2. The summed E-state index contributed by atoms with van der Waals surface area (Å²) in [6, 6.07) is 10.9. The quantitative estimate of drug-likeness (QED) is 0.631. The van der Waals surface area contributed by atoms with Crippen molar-refractivity contribution in [1.29, 1.82) is 0 Å². The summed E-state index contributed by atoms with van der Waals surface area (Å²) in [5, 5.41) is 5.78. The summed E-state index contributed by atoms with van der Waals surface area (Å²) < 4.78 is 1.88. The fraction of sp³-hybridized carbons (Fsp3) is 0.200. The summed E-state index contributed by atoms with van der Waals surface area (Å²) in [5.74, 6) is -0.830. The number of aryl methyl sites for hydroxylation is 1. The first-order valence-corrected chi connectivity index (χ1v) is 9.36. The highest BCUT2D eigenvalue weighted by Gasteiger charge is 2.39. The highest BCUT2D eigenvalue weighted by atomic mass is 35.5. The molecule has 2 heterocycles. The molecule has 3 aromatic rings. The topological polar surface area (TPSA) is 96.3 Å². The number of fused-ring (bicyclic) bond motifs is 1. The van der Waals surface area contributed by atoms with Gasteiger partial charge >= 0.3 is 6.03 Å². The average molecular weight is 412 g/mol. The maximum atomic E-state index is 12.6. The Morgan fingerprint density at radius 1 is 1.24 bits per heavy atom. The van der Waals surface area contributed by atoms with Crippen molar-refractivity contribution in [2.75, 3.05) is 5.32 Å². The van der Waals surface area contributed by atoms with Crippen LogP contribution in [0, 0.1) is 0 Å². The molecular formula is C20H18ClN5O3. The van der Waals surface area contributed by atoms with E-state index in [1.807, 2.05) is 17.7 Å². The number of urea groups is 1. The predicted molar refractivity (Wildman–Crippen MR) is 108 cm³/mol. The molecule has 8 nitrogen and oxygen atoms in total. The van der Waals surface area contributed by atoms with Crippen LogP contribution in [0.15, 0.2) is 48.8 Å². The Bertz CT molecular complexity index is 1130. The standard InChI is InChI=1S/C20H18ClN5O3/c1-25-11-22-15-8-13(6-7-17(15)25)23-18(27)9-16-19(28)26(20(29)24-16)10-12-4-2-3-5-14(12)21/h2-8,11,16H,9-10H2,1H3,(H,23,27)(H,24,29)/t16-/m1/s1. The molecule has 0 spiro atoms. The van der Waals surface area contributed by atoms with Crippen LogP contribution in [0.5, 0.6) is 0 Å². The molecule has 1 atom stereocenters. The van der Waals surface area contributed by atoms with Crippen LogP contribution in [-0.4, -0.2) is 38.3 Å². The number of imidazole rings is 1. The smallest absolute Gasteiger partial charge is 0.325 e. The molecule has 1 aliphatic heterocycles. The number of carbonyl (C=O) groups is 3. The van der Waals surface area contributed by atoms with Gasteiger partial charge in [0.05, 0.1) is 30.3 Å². The molecule has 1 saturated heterocycles. The van der Waals surface area contributed by atoms with Gasteiger partial charge in [0.15, 0.2) is 0 Å². The van der Waals surface area contributed by atoms with Crippen LogP contribution in [0.2, 0.25) is 5.02 Å². The Balaban J connectivity index is 1.41. The molecule has 1 aliphatic rings. The van der Waals surface area contributed by atoms with E-state index in [4.69, 9.17) is 11.6 Å². The Hall–Kier alpha value is -3.39. The maximum Gasteiger partial charge on any atom is 0.325 e. The summed E-state index contributed by atoms with van der Waals surface area (Å²) in [7, 11) is 1.89. The van der Waals surface area contributed by atoms with Gasteiger partial charge in [-0.2, -0.15) is 0 Å². The van der Waals surface area contributed by atoms with Crippen LogP contribution in [-0.2, 0) is 23.2 Å². The van der Waals surface area contributed by atoms with E-state index in [2.05, 4.69) is 15.6 Å². The molecule has 4 amide bonds. The van der Waals surface area contributed by atoms with Crippen LogP contribution in [0.1, 0.15) is 12.0 Å². The normalized spacial score (nSPS) is 16.3. The van der Waals surface area contributed by atoms with Gasteiger partial charge in [-0.05, 0) is 29.8 Å². The van der Waals surface area contributed by atoms with Gasteiger partial charge < -0.3 is 15.2 Å². The van der Waals surface area contributed by atoms with E-state index in [1.165, 1.54) is 0 Å². The zero-order valence-corrected chi connectivity index (χ0v) is 16.3. The molecule has 148 valence electrons. The zero-order valence-electron chi connectivity index (χ0n) is 15.6. The minimum Gasteiger partial charge on any atom is -0.334 e. The Labute approximate surface area is 171 Å². The van der Waals surface area contributed by atoms with Gasteiger partial charge in [0, 0.05) is 17.8 Å². The number of benzene rings is 2. The Kier molecular flexibility index (Phi) is 4.94. The molecule has 0 bridgehead atoms. The van der Waals surface area contributed by atoms with Gasteiger partial charge in [-0.3, -0.25) is 14.5 Å². The summed E-state index contributed by atoms with van der Waals surface area (Å²) in [6.07, 6.45) is 1.53. The minimum absolute atomic E-state index is 0.0544. The number of carbonyl (C=O) groups excluding carboxylic acids is 3. The van der Waals surface area contributed by atoms with Crippen molar-refractivity contribution in [3.05, 3.63) is 59.4 Å². The number of anilines is 1. The van der Waals surface area contributed by atoms with E-state index in [-0.39, 0.29) is 18.9 Å². The van der Waals surface area contributed by atoms with Crippen molar-refractivity contribution >= 4 is 46.2 Å². The van der Waals surface area contributed by atoms with Gasteiger partial charge in [-0.25, -0.2) is 9.78 Å². The van der Waals surface area contributed by atoms with Gasteiger partial charge in [-0.1, -0.05) is 29.8 Å². The molecule has 4 rings (SSSR count). The highest BCUT2D eigenvalue weighted by molar-refractivity contribution is 6.31. The number of imide groups is 1. The molecule has 2 aromatic carbocycles. The zero-order chi connectivity index (χ0) is 20.5. The summed E-state index contributed by atoms with van der Waals surface area (Å²) in [5.41, 5.74) is 2.93. The molecular weight excluding hydrogens is 394 g/mol. The monoisotopic (exact) mass is 411 g/mol. The number of nitrogens with one attached hydrogen (secondary N) is 2. The summed E-state index contributed by atoms with van der Waals surface area (Å²) in [6.45, 7) is 0.0544. The first-order chi connectivity index (χ1) is 13.9. The second-order valence-corrected chi connectivity index (χ2v) is 7.24. The number of hydrogen-bond acceptors (Lipinski definition) is 4. The Morgan fingerprint density at radius 2 is 2.03 bits per heavy atom. The molecule has 1 fully saturated rings. The van der Waals surface area contributed by atoms with Crippen LogP contribution in [0.3, 0.4) is 0 Å². The predicted octanol–water partition coefficient (Wildman–Crippen LogP) is 2.68. The number of nitrogens with zero attached hydrogens (tertiary/aromatic N) is 3. The molecule has 9 heteroatoms. The van der Waals surface area contributed by atoms with Gasteiger partial charge in [0.2, 0.25) is 5.91 Å². The van der Waals surface area contributed by atoms with E-state index in [0.717, 1.165) is 15.9 Å². The fourth-order valence-electron chi connectivity index (χ4n) is 3.27. The third-order valence-electron chi connectivity index (χ3n) is 4.79. The SMILES string of the molecule is Cn1cnc2cc(NC(=O)C[C@H]3NC(=O)N(Cc4ccccc4Cl)C3=O)ccc21. The van der Waals surface area contributed by atoms with Crippen molar-refractivity contribution in [3.63, 3.8) is 0 Å². The number of rotatable bonds is 5. The van der Waals surface area contributed by atoms with E-state index >= 15 is 0 Å².